The molecular formula is C58H112O6. The SMILES string of the molecule is CC(C)CCCCCCCCCCCCCCCCC(=O)O[C@H](COC(=O)CCCCCCCCCCCCCCCC(C)C)COC(=O)CCCCCCCCCCCCC(C)C. The second-order valence-corrected chi connectivity index (χ2v) is 21.4. The van der Waals surface area contributed by atoms with E-state index in [0.717, 1.165) is 75.5 Å². The summed E-state index contributed by atoms with van der Waals surface area (Å²) in [5, 5.41) is 0. The van der Waals surface area contributed by atoms with Gasteiger partial charge in [-0.15, -0.1) is 0 Å². The standard InChI is InChI=1S/C58H112O6/c1-52(2)44-38-32-26-20-14-10-7-8-12-17-25-31-37-43-49-58(61)64-55(51-63-57(60)48-42-36-30-24-19-18-22-28-34-40-46-54(5)6)50-62-56(59)47-41-35-29-23-16-13-9-11-15-21-27-33-39-45-53(3)4/h52-55H,7-51H2,1-6H3/t55-/m1/s1. The smallest absolute Gasteiger partial charge is 0.306 e. The van der Waals surface area contributed by atoms with Crippen LogP contribution in [0.25, 0.3) is 0 Å². The quantitative estimate of drug-likeness (QED) is 0.0344. The van der Waals surface area contributed by atoms with E-state index in [1.165, 1.54) is 199 Å². The average Bonchev–Trinajstić information content (AvgIpc) is 3.25. The minimum Gasteiger partial charge on any atom is -0.462 e. The molecular weight excluding hydrogens is 793 g/mol. The molecule has 0 spiro atoms. The summed E-state index contributed by atoms with van der Waals surface area (Å²) in [6.07, 6.45) is 50.9. The Balaban J connectivity index is 4.30. The molecule has 0 saturated heterocycles. The third kappa shape index (κ3) is 51.4. The molecule has 0 aromatic carbocycles. The Morgan fingerprint density at radius 1 is 0.266 bits per heavy atom. The molecule has 0 heterocycles. The third-order valence-electron chi connectivity index (χ3n) is 13.1. The summed E-state index contributed by atoms with van der Waals surface area (Å²) in [7, 11) is 0. The van der Waals surface area contributed by atoms with Gasteiger partial charge in [0, 0.05) is 19.3 Å². The van der Waals surface area contributed by atoms with E-state index in [4.69, 9.17) is 14.2 Å². The average molecular weight is 906 g/mol. The number of carbonyl (C=O) groups excluding carboxylic acids is 3. The number of rotatable bonds is 51. The van der Waals surface area contributed by atoms with Crippen molar-refractivity contribution in [2.45, 2.75) is 324 Å². The van der Waals surface area contributed by atoms with Crippen LogP contribution in [-0.4, -0.2) is 37.2 Å². The number of hydrogen-bond donors (Lipinski definition) is 0. The first kappa shape index (κ1) is 62.4. The molecule has 0 bridgehead atoms. The highest BCUT2D eigenvalue weighted by Gasteiger charge is 2.19. The van der Waals surface area contributed by atoms with E-state index in [1.54, 1.807) is 0 Å². The van der Waals surface area contributed by atoms with Crippen LogP contribution in [0.1, 0.15) is 318 Å². The Morgan fingerprint density at radius 2 is 0.453 bits per heavy atom. The van der Waals surface area contributed by atoms with Crippen LogP contribution >= 0.6 is 0 Å². The molecule has 0 radical (unpaired) electrons. The molecule has 0 aliphatic carbocycles. The zero-order valence-corrected chi connectivity index (χ0v) is 44.1. The highest BCUT2D eigenvalue weighted by atomic mass is 16.6. The molecule has 0 amide bonds. The van der Waals surface area contributed by atoms with Crippen molar-refractivity contribution in [3.63, 3.8) is 0 Å². The maximum absolute atomic E-state index is 12.8. The van der Waals surface area contributed by atoms with Crippen LogP contribution in [0.5, 0.6) is 0 Å². The molecule has 6 heteroatoms. The fourth-order valence-corrected chi connectivity index (χ4v) is 8.82. The largest absolute Gasteiger partial charge is 0.462 e. The number of esters is 3. The van der Waals surface area contributed by atoms with Gasteiger partial charge in [0.05, 0.1) is 0 Å². The Morgan fingerprint density at radius 3 is 0.672 bits per heavy atom. The van der Waals surface area contributed by atoms with Gasteiger partial charge in [-0.2, -0.15) is 0 Å². The van der Waals surface area contributed by atoms with Crippen LogP contribution in [0, 0.1) is 17.8 Å². The predicted molar refractivity (Wildman–Crippen MR) is 275 cm³/mol. The van der Waals surface area contributed by atoms with Gasteiger partial charge in [0.2, 0.25) is 0 Å². The minimum absolute atomic E-state index is 0.0637. The van der Waals surface area contributed by atoms with E-state index in [0.29, 0.717) is 19.3 Å². The fraction of sp³-hybridized carbons (Fsp3) is 0.948. The minimum atomic E-state index is -0.763. The van der Waals surface area contributed by atoms with Crippen LogP contribution in [0.15, 0.2) is 0 Å². The predicted octanol–water partition coefficient (Wildman–Crippen LogP) is 18.7. The first-order chi connectivity index (χ1) is 31.1. The fourth-order valence-electron chi connectivity index (χ4n) is 8.82. The molecule has 1 atom stereocenters. The lowest BCUT2D eigenvalue weighted by Gasteiger charge is -2.18. The first-order valence-electron chi connectivity index (χ1n) is 28.6. The molecule has 0 rings (SSSR count). The number of unbranched alkanes of at least 4 members (excludes halogenated alkanes) is 34. The Labute approximate surface area is 399 Å². The first-order valence-corrected chi connectivity index (χ1v) is 28.6. The van der Waals surface area contributed by atoms with Crippen LogP contribution in [0.2, 0.25) is 0 Å². The lowest BCUT2D eigenvalue weighted by Crippen LogP contribution is -2.30. The van der Waals surface area contributed by atoms with Crippen molar-refractivity contribution in [2.24, 2.45) is 17.8 Å². The van der Waals surface area contributed by atoms with Gasteiger partial charge in [-0.25, -0.2) is 0 Å². The number of carbonyl (C=O) groups is 3. The highest BCUT2D eigenvalue weighted by Crippen LogP contribution is 2.18. The molecule has 0 unspecified atom stereocenters. The van der Waals surface area contributed by atoms with Crippen molar-refractivity contribution < 1.29 is 28.6 Å². The van der Waals surface area contributed by atoms with Gasteiger partial charge >= 0.3 is 17.9 Å². The molecule has 0 aliphatic heterocycles. The maximum Gasteiger partial charge on any atom is 0.306 e. The topological polar surface area (TPSA) is 78.9 Å². The second kappa shape index (κ2) is 49.3. The molecule has 0 N–H and O–H groups in total. The third-order valence-corrected chi connectivity index (χ3v) is 13.1. The van der Waals surface area contributed by atoms with Crippen molar-refractivity contribution in [3.05, 3.63) is 0 Å². The van der Waals surface area contributed by atoms with Gasteiger partial charge in [0.1, 0.15) is 13.2 Å². The van der Waals surface area contributed by atoms with E-state index in [1.807, 2.05) is 0 Å². The highest BCUT2D eigenvalue weighted by molar-refractivity contribution is 5.71. The summed E-state index contributed by atoms with van der Waals surface area (Å²) in [6.45, 7) is 13.8. The Kier molecular flexibility index (Phi) is 48.1. The molecule has 0 aromatic heterocycles. The van der Waals surface area contributed by atoms with E-state index in [-0.39, 0.29) is 31.1 Å². The van der Waals surface area contributed by atoms with Gasteiger partial charge in [0.25, 0.3) is 0 Å². The molecule has 6 nitrogen and oxygen atoms in total. The van der Waals surface area contributed by atoms with Gasteiger partial charge in [-0.05, 0) is 37.0 Å². The zero-order valence-electron chi connectivity index (χ0n) is 44.1. The Hall–Kier alpha value is -1.59. The summed E-state index contributed by atoms with van der Waals surface area (Å²) in [5.41, 5.74) is 0. The van der Waals surface area contributed by atoms with E-state index in [9.17, 15) is 14.4 Å². The monoisotopic (exact) mass is 905 g/mol. The molecule has 0 saturated carbocycles. The van der Waals surface area contributed by atoms with Gasteiger partial charge in [-0.1, -0.05) is 279 Å². The molecule has 64 heavy (non-hydrogen) atoms. The van der Waals surface area contributed by atoms with Gasteiger partial charge in [-0.3, -0.25) is 14.4 Å². The van der Waals surface area contributed by atoms with Crippen molar-refractivity contribution in [3.8, 4) is 0 Å². The van der Waals surface area contributed by atoms with Gasteiger partial charge in [0.15, 0.2) is 6.10 Å². The second-order valence-electron chi connectivity index (χ2n) is 21.4. The van der Waals surface area contributed by atoms with Crippen molar-refractivity contribution >= 4 is 17.9 Å². The van der Waals surface area contributed by atoms with Crippen LogP contribution in [0.4, 0.5) is 0 Å². The van der Waals surface area contributed by atoms with E-state index >= 15 is 0 Å². The molecule has 380 valence electrons. The lowest BCUT2D eigenvalue weighted by molar-refractivity contribution is -0.167. The summed E-state index contributed by atoms with van der Waals surface area (Å²) < 4.78 is 16.9. The maximum atomic E-state index is 12.8. The summed E-state index contributed by atoms with van der Waals surface area (Å²) in [6, 6.07) is 0. The summed E-state index contributed by atoms with van der Waals surface area (Å²) in [4.78, 5) is 38.1. The summed E-state index contributed by atoms with van der Waals surface area (Å²) in [5.74, 6) is 1.66. The van der Waals surface area contributed by atoms with Crippen LogP contribution < -0.4 is 0 Å². The van der Waals surface area contributed by atoms with Gasteiger partial charge < -0.3 is 14.2 Å². The molecule has 0 fully saturated rings. The number of ether oxygens (including phenoxy) is 3. The van der Waals surface area contributed by atoms with E-state index < -0.39 is 6.10 Å². The van der Waals surface area contributed by atoms with Crippen LogP contribution in [0.3, 0.4) is 0 Å². The molecule has 0 aromatic rings. The molecule has 0 aliphatic rings. The lowest BCUT2D eigenvalue weighted by atomic mass is 10.0. The van der Waals surface area contributed by atoms with Crippen molar-refractivity contribution in [1.82, 2.24) is 0 Å². The van der Waals surface area contributed by atoms with E-state index in [2.05, 4.69) is 41.5 Å². The normalized spacial score (nSPS) is 12.1. The Bertz CT molecular complexity index is 991. The van der Waals surface area contributed by atoms with Crippen molar-refractivity contribution in [2.75, 3.05) is 13.2 Å². The zero-order chi connectivity index (χ0) is 47.0. The summed E-state index contributed by atoms with van der Waals surface area (Å²) >= 11 is 0. The number of hydrogen-bond acceptors (Lipinski definition) is 6. The van der Waals surface area contributed by atoms with Crippen molar-refractivity contribution in [1.29, 1.82) is 0 Å². The van der Waals surface area contributed by atoms with Crippen LogP contribution in [-0.2, 0) is 28.6 Å².